The Morgan fingerprint density at radius 1 is 1.41 bits per heavy atom. The Morgan fingerprint density at radius 3 is 2.86 bits per heavy atom. The van der Waals surface area contributed by atoms with Gasteiger partial charge in [-0.05, 0) is 24.8 Å². The van der Waals surface area contributed by atoms with Gasteiger partial charge < -0.3 is 19.5 Å². The SMILES string of the molecule is O=C(OCc1ccccc1)N1CCC[C@@](CO)(C[C@H]2CO2)C1. The summed E-state index contributed by atoms with van der Waals surface area (Å²) in [5.41, 5.74) is 0.748. The Morgan fingerprint density at radius 2 is 2.18 bits per heavy atom. The molecule has 120 valence electrons. The van der Waals surface area contributed by atoms with Crippen molar-refractivity contribution in [3.63, 3.8) is 0 Å². The van der Waals surface area contributed by atoms with Crippen molar-refractivity contribution < 1.29 is 19.4 Å². The molecule has 5 heteroatoms. The maximum absolute atomic E-state index is 12.3. The molecule has 0 spiro atoms. The maximum Gasteiger partial charge on any atom is 0.410 e. The van der Waals surface area contributed by atoms with Crippen LogP contribution >= 0.6 is 0 Å². The number of ether oxygens (including phenoxy) is 2. The van der Waals surface area contributed by atoms with Crippen LogP contribution in [0.25, 0.3) is 0 Å². The van der Waals surface area contributed by atoms with Crippen molar-refractivity contribution in [3.8, 4) is 0 Å². The second-order valence-corrected chi connectivity index (χ2v) is 6.38. The van der Waals surface area contributed by atoms with Crippen molar-refractivity contribution in [2.24, 2.45) is 5.41 Å². The Balaban J connectivity index is 1.55. The minimum Gasteiger partial charge on any atom is -0.445 e. The van der Waals surface area contributed by atoms with E-state index in [1.165, 1.54) is 0 Å². The average molecular weight is 305 g/mol. The van der Waals surface area contributed by atoms with Gasteiger partial charge in [-0.1, -0.05) is 30.3 Å². The number of benzene rings is 1. The van der Waals surface area contributed by atoms with Gasteiger partial charge in [-0.2, -0.15) is 0 Å². The molecule has 1 aromatic carbocycles. The predicted molar refractivity (Wildman–Crippen MR) is 81.3 cm³/mol. The van der Waals surface area contributed by atoms with Crippen LogP contribution in [0, 0.1) is 5.41 Å². The number of amides is 1. The van der Waals surface area contributed by atoms with Crippen molar-refractivity contribution in [2.75, 3.05) is 26.3 Å². The van der Waals surface area contributed by atoms with Crippen LogP contribution in [-0.4, -0.2) is 48.5 Å². The van der Waals surface area contributed by atoms with E-state index in [0.717, 1.165) is 31.4 Å². The molecule has 3 rings (SSSR count). The molecule has 22 heavy (non-hydrogen) atoms. The molecule has 1 N–H and O–H groups in total. The fourth-order valence-electron chi connectivity index (χ4n) is 3.20. The van der Waals surface area contributed by atoms with Crippen LogP contribution < -0.4 is 0 Å². The molecule has 0 saturated carbocycles. The highest BCUT2D eigenvalue weighted by atomic mass is 16.6. The van der Waals surface area contributed by atoms with Gasteiger partial charge in [0.1, 0.15) is 6.61 Å². The summed E-state index contributed by atoms with van der Waals surface area (Å²) in [6, 6.07) is 9.66. The third-order valence-electron chi connectivity index (χ3n) is 4.52. The summed E-state index contributed by atoms with van der Waals surface area (Å²) < 4.78 is 10.7. The van der Waals surface area contributed by atoms with Crippen molar-refractivity contribution in [1.82, 2.24) is 4.90 Å². The van der Waals surface area contributed by atoms with E-state index in [1.54, 1.807) is 4.90 Å². The van der Waals surface area contributed by atoms with E-state index in [9.17, 15) is 9.90 Å². The molecule has 0 bridgehead atoms. The van der Waals surface area contributed by atoms with E-state index in [0.29, 0.717) is 13.1 Å². The smallest absolute Gasteiger partial charge is 0.410 e. The lowest BCUT2D eigenvalue weighted by atomic mass is 9.77. The molecule has 0 aliphatic carbocycles. The molecule has 0 aromatic heterocycles. The van der Waals surface area contributed by atoms with Crippen molar-refractivity contribution in [2.45, 2.75) is 32.0 Å². The van der Waals surface area contributed by atoms with E-state index >= 15 is 0 Å². The number of carbonyl (C=O) groups is 1. The molecule has 0 unspecified atom stereocenters. The second-order valence-electron chi connectivity index (χ2n) is 6.38. The first-order chi connectivity index (χ1) is 10.7. The fourth-order valence-corrected chi connectivity index (χ4v) is 3.20. The summed E-state index contributed by atoms with van der Waals surface area (Å²) in [5, 5.41) is 9.79. The fraction of sp³-hybridized carbons (Fsp3) is 0.588. The molecule has 2 fully saturated rings. The van der Waals surface area contributed by atoms with Gasteiger partial charge in [0.05, 0.1) is 19.3 Å². The molecular weight excluding hydrogens is 282 g/mol. The zero-order valence-electron chi connectivity index (χ0n) is 12.7. The Bertz CT molecular complexity index is 503. The highest BCUT2D eigenvalue weighted by molar-refractivity contribution is 5.67. The number of rotatable bonds is 5. The molecule has 2 heterocycles. The second kappa shape index (κ2) is 6.67. The van der Waals surface area contributed by atoms with E-state index < -0.39 is 0 Å². The zero-order valence-corrected chi connectivity index (χ0v) is 12.7. The Kier molecular flexibility index (Phi) is 4.64. The first-order valence-corrected chi connectivity index (χ1v) is 7.89. The molecule has 2 saturated heterocycles. The average Bonchev–Trinajstić information content (AvgIpc) is 3.37. The molecule has 1 amide bonds. The number of likely N-dealkylation sites (tertiary alicyclic amines) is 1. The van der Waals surface area contributed by atoms with E-state index in [4.69, 9.17) is 9.47 Å². The minimum atomic E-state index is -0.293. The normalized spacial score (nSPS) is 27.5. The van der Waals surface area contributed by atoms with Crippen LogP contribution in [0.2, 0.25) is 0 Å². The quantitative estimate of drug-likeness (QED) is 0.847. The van der Waals surface area contributed by atoms with Crippen molar-refractivity contribution in [3.05, 3.63) is 35.9 Å². The van der Waals surface area contributed by atoms with Crippen LogP contribution in [0.5, 0.6) is 0 Å². The number of aliphatic hydroxyl groups is 1. The lowest BCUT2D eigenvalue weighted by Crippen LogP contribution is -2.48. The van der Waals surface area contributed by atoms with Gasteiger partial charge in [-0.15, -0.1) is 0 Å². The summed E-state index contributed by atoms with van der Waals surface area (Å²) in [4.78, 5) is 14.0. The van der Waals surface area contributed by atoms with Crippen LogP contribution in [0.3, 0.4) is 0 Å². The number of hydrogen-bond acceptors (Lipinski definition) is 4. The first-order valence-electron chi connectivity index (χ1n) is 7.89. The monoisotopic (exact) mass is 305 g/mol. The van der Waals surface area contributed by atoms with Crippen LogP contribution in [0.1, 0.15) is 24.8 Å². The standard InChI is InChI=1S/C17H23NO4/c19-13-17(9-15-11-21-15)7-4-8-18(12-17)16(20)22-10-14-5-2-1-3-6-14/h1-3,5-6,15,19H,4,7-13H2/t15-,17+/m0/s1. The number of nitrogens with zero attached hydrogens (tertiary/aromatic N) is 1. The third-order valence-corrected chi connectivity index (χ3v) is 4.52. The van der Waals surface area contributed by atoms with Crippen LogP contribution in [0.4, 0.5) is 4.79 Å². The number of epoxide rings is 1. The lowest BCUT2D eigenvalue weighted by Gasteiger charge is -2.41. The van der Waals surface area contributed by atoms with Crippen LogP contribution in [-0.2, 0) is 16.1 Å². The number of carbonyl (C=O) groups excluding carboxylic acids is 1. The third kappa shape index (κ3) is 3.78. The molecular formula is C17H23NO4. The molecule has 2 atom stereocenters. The highest BCUT2D eigenvalue weighted by Crippen LogP contribution is 2.37. The molecule has 5 nitrogen and oxygen atoms in total. The lowest BCUT2D eigenvalue weighted by molar-refractivity contribution is 0.0125. The van der Waals surface area contributed by atoms with E-state index in [1.807, 2.05) is 30.3 Å². The summed E-state index contributed by atoms with van der Waals surface area (Å²) in [7, 11) is 0. The summed E-state index contributed by atoms with van der Waals surface area (Å²) >= 11 is 0. The maximum atomic E-state index is 12.3. The summed E-state index contributed by atoms with van der Waals surface area (Å²) in [6.45, 7) is 2.40. The van der Waals surface area contributed by atoms with Crippen LogP contribution in [0.15, 0.2) is 30.3 Å². The summed E-state index contributed by atoms with van der Waals surface area (Å²) in [5.74, 6) is 0. The molecule has 2 aliphatic heterocycles. The summed E-state index contributed by atoms with van der Waals surface area (Å²) in [6.07, 6.45) is 2.62. The number of piperidine rings is 1. The van der Waals surface area contributed by atoms with Gasteiger partial charge in [0, 0.05) is 18.5 Å². The Labute approximate surface area is 130 Å². The highest BCUT2D eigenvalue weighted by Gasteiger charge is 2.42. The van der Waals surface area contributed by atoms with Crippen molar-refractivity contribution in [1.29, 1.82) is 0 Å². The molecule has 1 aromatic rings. The Hall–Kier alpha value is -1.59. The number of aliphatic hydroxyl groups excluding tert-OH is 1. The largest absolute Gasteiger partial charge is 0.445 e. The van der Waals surface area contributed by atoms with Gasteiger partial charge in [0.15, 0.2) is 0 Å². The van der Waals surface area contributed by atoms with Gasteiger partial charge in [0.2, 0.25) is 0 Å². The van der Waals surface area contributed by atoms with Gasteiger partial charge in [-0.3, -0.25) is 0 Å². The van der Waals surface area contributed by atoms with Gasteiger partial charge in [-0.25, -0.2) is 4.79 Å². The minimum absolute atomic E-state index is 0.0926. The number of hydrogen-bond donors (Lipinski definition) is 1. The van der Waals surface area contributed by atoms with Gasteiger partial charge in [0.25, 0.3) is 0 Å². The topological polar surface area (TPSA) is 62.3 Å². The van der Waals surface area contributed by atoms with E-state index in [2.05, 4.69) is 0 Å². The first kappa shape index (κ1) is 15.3. The zero-order chi connectivity index (χ0) is 15.4. The molecule has 0 radical (unpaired) electrons. The molecule has 2 aliphatic rings. The predicted octanol–water partition coefficient (Wildman–Crippen LogP) is 2.19. The van der Waals surface area contributed by atoms with E-state index in [-0.39, 0.29) is 30.8 Å². The van der Waals surface area contributed by atoms with Gasteiger partial charge >= 0.3 is 6.09 Å². The van der Waals surface area contributed by atoms with Crippen molar-refractivity contribution >= 4 is 6.09 Å².